The van der Waals surface area contributed by atoms with Gasteiger partial charge in [-0.25, -0.2) is 0 Å². The number of rotatable bonds is 3. The lowest BCUT2D eigenvalue weighted by Gasteiger charge is -2.53. The summed E-state index contributed by atoms with van der Waals surface area (Å²) in [5, 5.41) is 58.4. The normalized spacial score (nSPS) is 31.7. The number of hydrogen-bond acceptors (Lipinski definition) is 10. The fourth-order valence-electron chi connectivity index (χ4n) is 5.91. The lowest BCUT2D eigenvalue weighted by Crippen LogP contribution is -2.70. The number of anilines is 1. The van der Waals surface area contributed by atoms with Crippen LogP contribution in [0.1, 0.15) is 30.9 Å². The van der Waals surface area contributed by atoms with Crippen LogP contribution in [0.3, 0.4) is 0 Å². The first-order chi connectivity index (χ1) is 16.7. The first-order valence-electron chi connectivity index (χ1n) is 11.1. The molecule has 6 atom stereocenters. The summed E-state index contributed by atoms with van der Waals surface area (Å²) in [5.41, 5.74) is 0.918. The second-order valence-electron chi connectivity index (χ2n) is 9.66. The first-order valence-corrected chi connectivity index (χ1v) is 11.1. The van der Waals surface area contributed by atoms with Gasteiger partial charge in [-0.2, -0.15) is 0 Å². The summed E-state index contributed by atoms with van der Waals surface area (Å²) >= 11 is 0. The minimum Gasteiger partial charge on any atom is -0.508 e. The number of ketones is 2. The number of carbonyl (C=O) groups excluding carboxylic acids is 4. The van der Waals surface area contributed by atoms with Crippen LogP contribution in [0.5, 0.6) is 5.75 Å². The van der Waals surface area contributed by atoms with Gasteiger partial charge in [-0.15, -0.1) is 0 Å². The van der Waals surface area contributed by atoms with Gasteiger partial charge in [-0.05, 0) is 31.6 Å². The van der Waals surface area contributed by atoms with E-state index in [2.05, 4.69) is 5.32 Å². The number of nitrogens with two attached hydrogens (primary N) is 1. The molecule has 3 unspecified atom stereocenters. The molecule has 1 aromatic carbocycles. The average molecular weight is 501 g/mol. The second kappa shape index (κ2) is 8.15. The summed E-state index contributed by atoms with van der Waals surface area (Å²) in [6.45, 7) is 2.83. The summed E-state index contributed by atoms with van der Waals surface area (Å²) in [6.07, 6.45) is -1.67. The summed E-state index contributed by atoms with van der Waals surface area (Å²) in [4.78, 5) is 51.8. The van der Waals surface area contributed by atoms with Gasteiger partial charge in [0.25, 0.3) is 5.91 Å². The van der Waals surface area contributed by atoms with Gasteiger partial charge in [-0.1, -0.05) is 13.0 Å². The molecular weight excluding hydrogens is 474 g/mol. The molecule has 1 fully saturated rings. The lowest BCUT2D eigenvalue weighted by molar-refractivity contribution is -0.169. The van der Waals surface area contributed by atoms with Crippen molar-refractivity contribution in [1.82, 2.24) is 4.90 Å². The van der Waals surface area contributed by atoms with E-state index in [1.165, 1.54) is 38.1 Å². The molecule has 12 nitrogen and oxygen atoms in total. The smallest absolute Gasteiger partial charge is 0.255 e. The van der Waals surface area contributed by atoms with Crippen molar-refractivity contribution in [2.45, 2.75) is 37.5 Å². The monoisotopic (exact) mass is 501 g/mol. The molecule has 1 saturated carbocycles. The van der Waals surface area contributed by atoms with Crippen molar-refractivity contribution in [2.24, 2.45) is 17.6 Å². The van der Waals surface area contributed by atoms with Crippen molar-refractivity contribution < 1.29 is 44.7 Å². The number of phenolic OH excluding ortho intramolecular Hbond substituents is 1. The van der Waals surface area contributed by atoms with Gasteiger partial charge in [0.1, 0.15) is 22.8 Å². The number of fused-ring (bicyclic) bond motifs is 3. The Hall–Kier alpha value is -3.74. The topological polar surface area (TPSA) is 211 Å². The molecule has 3 aliphatic carbocycles. The first kappa shape index (κ1) is 25.4. The Kier molecular flexibility index (Phi) is 5.74. The van der Waals surface area contributed by atoms with Crippen molar-refractivity contribution in [1.29, 1.82) is 0 Å². The Morgan fingerprint density at radius 3 is 2.28 bits per heavy atom. The predicted molar refractivity (Wildman–Crippen MR) is 125 cm³/mol. The van der Waals surface area contributed by atoms with Gasteiger partial charge in [-0.3, -0.25) is 24.1 Å². The zero-order valence-corrected chi connectivity index (χ0v) is 19.9. The molecule has 8 N–H and O–H groups in total. The van der Waals surface area contributed by atoms with Crippen LogP contribution in [0.2, 0.25) is 0 Å². The van der Waals surface area contributed by atoms with Crippen molar-refractivity contribution >= 4 is 34.8 Å². The molecule has 2 amide bonds. The number of likely N-dealkylation sites (N-methyl/N-ethyl adjacent to an activating group) is 1. The van der Waals surface area contributed by atoms with E-state index >= 15 is 0 Å². The summed E-state index contributed by atoms with van der Waals surface area (Å²) in [7, 11) is 2.87. The molecule has 0 bridgehead atoms. The maximum absolute atomic E-state index is 13.8. The standard InChI is InChI=1S/C24H27N3O9/c1-7-9-5-6-10(26-8(2)28)17(29)12(9)18(30)13-11(7)19(31)15-16(27(3)4)20(32)14(23(25)35)22(34)24(15,36)21(13)33/h5-7,11,15-16,19,29-31,34,36H,1-4H3,(H2,25,35)(H,26,28)/t7-,11?,15?,16-,19?,24-/m0/s1. The number of nitrogens with one attached hydrogen (secondary N) is 1. The number of hydrogen-bond donors (Lipinski definition) is 7. The van der Waals surface area contributed by atoms with Gasteiger partial charge >= 0.3 is 0 Å². The van der Waals surface area contributed by atoms with Crippen molar-refractivity contribution in [2.75, 3.05) is 19.4 Å². The van der Waals surface area contributed by atoms with E-state index in [1.54, 1.807) is 6.92 Å². The maximum atomic E-state index is 13.8. The third-order valence-corrected chi connectivity index (χ3v) is 7.44. The molecule has 3 aliphatic rings. The Balaban J connectivity index is 2.04. The zero-order valence-electron chi connectivity index (χ0n) is 19.9. The fourth-order valence-corrected chi connectivity index (χ4v) is 5.91. The third kappa shape index (κ3) is 3.11. The molecule has 0 aliphatic heterocycles. The van der Waals surface area contributed by atoms with Crippen LogP contribution in [0, 0.1) is 11.8 Å². The second-order valence-corrected chi connectivity index (χ2v) is 9.66. The molecule has 36 heavy (non-hydrogen) atoms. The van der Waals surface area contributed by atoms with Gasteiger partial charge in [0.2, 0.25) is 11.7 Å². The molecule has 0 radical (unpaired) electrons. The number of phenols is 1. The molecule has 0 aromatic heterocycles. The molecule has 0 heterocycles. The van der Waals surface area contributed by atoms with E-state index in [9.17, 15) is 44.7 Å². The number of aliphatic hydroxyl groups excluding tert-OH is 3. The minimum absolute atomic E-state index is 0.0471. The number of primary amides is 1. The molecular formula is C24H27N3O9. The maximum Gasteiger partial charge on any atom is 0.255 e. The largest absolute Gasteiger partial charge is 0.508 e. The SMILES string of the molecule is CC(=O)Nc1ccc2c(c1O)C(O)=C1C(=O)[C@]3(O)C(O)=C(C(N)=O)C(=O)[C@@H](N(C)C)C3C(O)C1[C@H]2C. The fraction of sp³-hybridized carbons (Fsp3) is 0.417. The highest BCUT2D eigenvalue weighted by atomic mass is 16.4. The van der Waals surface area contributed by atoms with E-state index in [0.717, 1.165) is 0 Å². The molecule has 0 spiro atoms. The number of amides is 2. The van der Waals surface area contributed by atoms with E-state index in [0.29, 0.717) is 5.56 Å². The van der Waals surface area contributed by atoms with E-state index < -0.39 is 87.3 Å². The van der Waals surface area contributed by atoms with Gasteiger partial charge in [0, 0.05) is 18.4 Å². The van der Waals surface area contributed by atoms with Crippen molar-refractivity contribution in [3.05, 3.63) is 40.2 Å². The minimum atomic E-state index is -2.98. The Morgan fingerprint density at radius 1 is 1.14 bits per heavy atom. The average Bonchev–Trinajstić information content (AvgIpc) is 2.77. The number of aromatic hydroxyl groups is 1. The highest BCUT2D eigenvalue weighted by Gasteiger charge is 2.68. The van der Waals surface area contributed by atoms with Gasteiger partial charge in [0.15, 0.2) is 11.4 Å². The van der Waals surface area contributed by atoms with E-state index in [4.69, 9.17) is 5.73 Å². The number of carbonyl (C=O) groups is 4. The van der Waals surface area contributed by atoms with Crippen LogP contribution < -0.4 is 11.1 Å². The highest BCUT2D eigenvalue weighted by Crippen LogP contribution is 2.56. The van der Waals surface area contributed by atoms with Crippen LogP contribution in [-0.2, 0) is 19.2 Å². The summed E-state index contributed by atoms with van der Waals surface area (Å²) in [5.74, 6) is -10.2. The van der Waals surface area contributed by atoms with E-state index in [-0.39, 0.29) is 11.3 Å². The molecule has 12 heteroatoms. The molecule has 4 rings (SSSR count). The van der Waals surface area contributed by atoms with Crippen LogP contribution in [0.4, 0.5) is 5.69 Å². The van der Waals surface area contributed by atoms with Crippen LogP contribution in [0.25, 0.3) is 5.76 Å². The van der Waals surface area contributed by atoms with Crippen molar-refractivity contribution in [3.8, 4) is 5.75 Å². The number of Topliss-reactive ketones (excluding diaryl/α,β-unsaturated/α-hetero) is 2. The number of aliphatic hydroxyl groups is 4. The molecule has 0 saturated heterocycles. The third-order valence-electron chi connectivity index (χ3n) is 7.44. The summed E-state index contributed by atoms with van der Waals surface area (Å²) < 4.78 is 0. The predicted octanol–water partition coefficient (Wildman–Crippen LogP) is -0.546. The van der Waals surface area contributed by atoms with Crippen LogP contribution in [-0.4, -0.2) is 85.7 Å². The lowest BCUT2D eigenvalue weighted by atomic mass is 9.54. The van der Waals surface area contributed by atoms with Gasteiger partial charge < -0.3 is 36.6 Å². The quantitative estimate of drug-likeness (QED) is 0.207. The van der Waals surface area contributed by atoms with Gasteiger partial charge in [0.05, 0.1) is 29.3 Å². The number of nitrogens with zero attached hydrogens (tertiary/aromatic N) is 1. The number of benzene rings is 1. The Labute approximate surface area is 205 Å². The zero-order chi connectivity index (χ0) is 27.0. The van der Waals surface area contributed by atoms with Crippen LogP contribution in [0.15, 0.2) is 29.0 Å². The highest BCUT2D eigenvalue weighted by molar-refractivity contribution is 6.24. The van der Waals surface area contributed by atoms with Crippen LogP contribution >= 0.6 is 0 Å². The summed E-state index contributed by atoms with van der Waals surface area (Å²) in [6, 6.07) is 1.49. The van der Waals surface area contributed by atoms with Crippen molar-refractivity contribution in [3.63, 3.8) is 0 Å². The molecule has 1 aromatic rings. The molecule has 192 valence electrons. The Morgan fingerprint density at radius 2 is 1.75 bits per heavy atom. The van der Waals surface area contributed by atoms with E-state index in [1.807, 2.05) is 0 Å². The Bertz CT molecular complexity index is 1300.